The van der Waals surface area contributed by atoms with Crippen LogP contribution in [0, 0.1) is 0 Å². The molecule has 1 atom stereocenters. The summed E-state index contributed by atoms with van der Waals surface area (Å²) in [6.45, 7) is 0.795. The van der Waals surface area contributed by atoms with E-state index in [0.29, 0.717) is 18.6 Å². The van der Waals surface area contributed by atoms with E-state index in [1.54, 1.807) is 18.4 Å². The van der Waals surface area contributed by atoms with Crippen LogP contribution in [-0.2, 0) is 4.79 Å². The Morgan fingerprint density at radius 2 is 2.43 bits per heavy atom. The first-order valence-electron chi connectivity index (χ1n) is 4.68. The molecule has 1 fully saturated rings. The summed E-state index contributed by atoms with van der Waals surface area (Å²) in [5.74, 6) is 0.348. The molecule has 0 bridgehead atoms. The predicted octanol–water partition coefficient (Wildman–Crippen LogP) is 1.75. The summed E-state index contributed by atoms with van der Waals surface area (Å²) in [7, 11) is 1.66. The molecule has 1 aromatic rings. The summed E-state index contributed by atoms with van der Waals surface area (Å²) in [4.78, 5) is 12.4. The number of thiophene rings is 1. The molecule has 0 spiro atoms. The number of hydrogen-bond acceptors (Lipinski definition) is 4. The third-order valence-corrected chi connectivity index (χ3v) is 3.53. The highest BCUT2D eigenvalue weighted by atomic mass is 32.1. The van der Waals surface area contributed by atoms with E-state index in [0.717, 1.165) is 11.6 Å². The van der Waals surface area contributed by atoms with Gasteiger partial charge in [-0.1, -0.05) is 0 Å². The quantitative estimate of drug-likeness (QED) is 0.810. The van der Waals surface area contributed by atoms with Gasteiger partial charge in [0.15, 0.2) is 5.06 Å². The topological polar surface area (TPSA) is 38.3 Å². The lowest BCUT2D eigenvalue weighted by Crippen LogP contribution is -2.31. The van der Waals surface area contributed by atoms with Crippen LogP contribution in [0.1, 0.15) is 23.8 Å². The maximum absolute atomic E-state index is 11.3. The van der Waals surface area contributed by atoms with E-state index in [1.165, 1.54) is 4.88 Å². The molecular weight excluding hydrogens is 198 g/mol. The molecular formula is C10H13NO2S. The number of methoxy groups -OCH3 is 1. The molecule has 1 unspecified atom stereocenters. The van der Waals surface area contributed by atoms with Crippen LogP contribution in [0.2, 0.25) is 0 Å². The standard InChI is InChI=1S/C10H13NO2S/c1-13-10-3-2-9(14-10)8-6-7(12)4-5-11-8/h2-3,8,11H,4-6H2,1H3. The van der Waals surface area contributed by atoms with Gasteiger partial charge in [0.2, 0.25) is 0 Å². The monoisotopic (exact) mass is 211 g/mol. The van der Waals surface area contributed by atoms with Gasteiger partial charge >= 0.3 is 0 Å². The Morgan fingerprint density at radius 3 is 3.07 bits per heavy atom. The lowest BCUT2D eigenvalue weighted by atomic mass is 10.0. The Kier molecular flexibility index (Phi) is 2.84. The lowest BCUT2D eigenvalue weighted by molar-refractivity contribution is -0.120. The van der Waals surface area contributed by atoms with Crippen LogP contribution in [0.25, 0.3) is 0 Å². The average Bonchev–Trinajstić information content (AvgIpc) is 2.66. The molecule has 0 radical (unpaired) electrons. The van der Waals surface area contributed by atoms with Crippen molar-refractivity contribution in [3.8, 4) is 5.06 Å². The molecule has 1 N–H and O–H groups in total. The van der Waals surface area contributed by atoms with Crippen molar-refractivity contribution in [2.45, 2.75) is 18.9 Å². The zero-order valence-corrected chi connectivity index (χ0v) is 8.89. The van der Waals surface area contributed by atoms with Crippen molar-refractivity contribution in [1.29, 1.82) is 0 Å². The number of carbonyl (C=O) groups excluding carboxylic acids is 1. The zero-order chi connectivity index (χ0) is 9.97. The van der Waals surface area contributed by atoms with Crippen LogP contribution < -0.4 is 10.1 Å². The highest BCUT2D eigenvalue weighted by Crippen LogP contribution is 2.31. The van der Waals surface area contributed by atoms with Crippen molar-refractivity contribution in [3.63, 3.8) is 0 Å². The van der Waals surface area contributed by atoms with Gasteiger partial charge in [-0.3, -0.25) is 4.79 Å². The second-order valence-corrected chi connectivity index (χ2v) is 4.44. The number of nitrogens with one attached hydrogen (secondary N) is 1. The molecule has 0 amide bonds. The maximum atomic E-state index is 11.3. The molecule has 1 aromatic heterocycles. The van der Waals surface area contributed by atoms with E-state index >= 15 is 0 Å². The zero-order valence-electron chi connectivity index (χ0n) is 8.08. The summed E-state index contributed by atoms with van der Waals surface area (Å²) >= 11 is 1.60. The lowest BCUT2D eigenvalue weighted by Gasteiger charge is -2.21. The molecule has 14 heavy (non-hydrogen) atoms. The highest BCUT2D eigenvalue weighted by molar-refractivity contribution is 7.13. The smallest absolute Gasteiger partial charge is 0.173 e. The number of hydrogen-bond donors (Lipinski definition) is 1. The minimum absolute atomic E-state index is 0.199. The first-order chi connectivity index (χ1) is 6.79. The molecule has 4 heteroatoms. The van der Waals surface area contributed by atoms with Gasteiger partial charge in [-0.2, -0.15) is 0 Å². The minimum atomic E-state index is 0.199. The van der Waals surface area contributed by atoms with Crippen molar-refractivity contribution >= 4 is 17.1 Å². The fourth-order valence-electron chi connectivity index (χ4n) is 1.62. The average molecular weight is 211 g/mol. The SMILES string of the molecule is COc1ccc(C2CC(=O)CCN2)s1. The Morgan fingerprint density at radius 1 is 1.57 bits per heavy atom. The van der Waals surface area contributed by atoms with Gasteiger partial charge in [-0.15, -0.1) is 11.3 Å². The van der Waals surface area contributed by atoms with Crippen LogP contribution in [-0.4, -0.2) is 19.4 Å². The van der Waals surface area contributed by atoms with E-state index in [4.69, 9.17) is 4.74 Å². The maximum Gasteiger partial charge on any atom is 0.173 e. The summed E-state index contributed by atoms with van der Waals surface area (Å²) < 4.78 is 5.12. The molecule has 76 valence electrons. The summed E-state index contributed by atoms with van der Waals surface area (Å²) in [5.41, 5.74) is 0. The third-order valence-electron chi connectivity index (χ3n) is 2.37. The van der Waals surface area contributed by atoms with Gasteiger partial charge in [-0.05, 0) is 12.1 Å². The Labute approximate surface area is 87.1 Å². The van der Waals surface area contributed by atoms with E-state index in [9.17, 15) is 4.79 Å². The van der Waals surface area contributed by atoms with Crippen molar-refractivity contribution < 1.29 is 9.53 Å². The van der Waals surface area contributed by atoms with Gasteiger partial charge in [0.05, 0.1) is 7.11 Å². The summed E-state index contributed by atoms with van der Waals surface area (Å²) in [5, 5.41) is 4.24. The number of ether oxygens (including phenoxy) is 1. The molecule has 2 rings (SSSR count). The van der Waals surface area contributed by atoms with Crippen molar-refractivity contribution in [2.24, 2.45) is 0 Å². The second kappa shape index (κ2) is 4.11. The minimum Gasteiger partial charge on any atom is -0.487 e. The molecule has 1 aliphatic rings. The molecule has 1 aliphatic heterocycles. The van der Waals surface area contributed by atoms with Gasteiger partial charge < -0.3 is 10.1 Å². The number of carbonyl (C=O) groups is 1. The van der Waals surface area contributed by atoms with Crippen LogP contribution in [0.3, 0.4) is 0 Å². The van der Waals surface area contributed by atoms with Crippen molar-refractivity contribution in [3.05, 3.63) is 17.0 Å². The fourth-order valence-corrected chi connectivity index (χ4v) is 2.52. The van der Waals surface area contributed by atoms with Gasteiger partial charge in [0.1, 0.15) is 5.78 Å². The Bertz CT molecular complexity index is 335. The number of ketones is 1. The molecule has 0 aromatic carbocycles. The van der Waals surface area contributed by atoms with E-state index in [2.05, 4.69) is 5.32 Å². The van der Waals surface area contributed by atoms with Crippen LogP contribution >= 0.6 is 11.3 Å². The van der Waals surface area contributed by atoms with E-state index in [-0.39, 0.29) is 6.04 Å². The molecule has 0 saturated carbocycles. The second-order valence-electron chi connectivity index (χ2n) is 3.36. The first-order valence-corrected chi connectivity index (χ1v) is 5.50. The summed E-state index contributed by atoms with van der Waals surface area (Å²) in [6, 6.07) is 4.17. The number of piperidine rings is 1. The highest BCUT2D eigenvalue weighted by Gasteiger charge is 2.21. The van der Waals surface area contributed by atoms with Gasteiger partial charge in [0, 0.05) is 30.3 Å². The fraction of sp³-hybridized carbons (Fsp3) is 0.500. The van der Waals surface area contributed by atoms with Gasteiger partial charge in [0.25, 0.3) is 0 Å². The largest absolute Gasteiger partial charge is 0.487 e. The van der Waals surface area contributed by atoms with Crippen molar-refractivity contribution in [1.82, 2.24) is 5.32 Å². The first kappa shape index (κ1) is 9.68. The summed E-state index contributed by atoms with van der Waals surface area (Å²) in [6.07, 6.45) is 1.28. The molecule has 1 saturated heterocycles. The Balaban J connectivity index is 2.09. The van der Waals surface area contributed by atoms with Crippen LogP contribution in [0.5, 0.6) is 5.06 Å². The molecule has 3 nitrogen and oxygen atoms in total. The number of Topliss-reactive ketones (excluding diaryl/α,β-unsaturated/α-hetero) is 1. The third kappa shape index (κ3) is 1.96. The predicted molar refractivity (Wildman–Crippen MR) is 55.9 cm³/mol. The Hall–Kier alpha value is -0.870. The molecule has 0 aliphatic carbocycles. The molecule has 2 heterocycles. The normalized spacial score (nSPS) is 22.4. The van der Waals surface area contributed by atoms with Crippen molar-refractivity contribution in [2.75, 3.05) is 13.7 Å². The van der Waals surface area contributed by atoms with Crippen LogP contribution in [0.4, 0.5) is 0 Å². The van der Waals surface area contributed by atoms with E-state index in [1.807, 2.05) is 12.1 Å². The van der Waals surface area contributed by atoms with E-state index < -0.39 is 0 Å². The number of rotatable bonds is 2. The van der Waals surface area contributed by atoms with Crippen LogP contribution in [0.15, 0.2) is 12.1 Å². The van der Waals surface area contributed by atoms with Gasteiger partial charge in [-0.25, -0.2) is 0 Å².